The van der Waals surface area contributed by atoms with E-state index in [1.165, 1.54) is 38.5 Å². The number of hydrogen-bond donors (Lipinski definition) is 0. The van der Waals surface area contributed by atoms with Crippen LogP contribution in [0.4, 0.5) is 0 Å². The van der Waals surface area contributed by atoms with Crippen molar-refractivity contribution in [2.75, 3.05) is 0 Å². The molecule has 0 spiro atoms. The Morgan fingerprint density at radius 3 is 1.69 bits per heavy atom. The van der Waals surface area contributed by atoms with Crippen LogP contribution in [0.1, 0.15) is 80.1 Å². The third-order valence-electron chi connectivity index (χ3n) is 4.39. The molecule has 0 nitrogen and oxygen atoms in total. The van der Waals surface area contributed by atoms with Crippen molar-refractivity contribution in [1.29, 1.82) is 0 Å². The monoisotopic (exact) mass is 226 g/mol. The van der Waals surface area contributed by atoms with E-state index in [0.29, 0.717) is 0 Å². The van der Waals surface area contributed by atoms with Gasteiger partial charge in [0.2, 0.25) is 0 Å². The van der Waals surface area contributed by atoms with E-state index in [2.05, 4.69) is 41.5 Å². The van der Waals surface area contributed by atoms with Gasteiger partial charge in [-0.1, -0.05) is 67.2 Å². The molecule has 16 heavy (non-hydrogen) atoms. The quantitative estimate of drug-likeness (QED) is 0.458. The summed E-state index contributed by atoms with van der Waals surface area (Å²) < 4.78 is 0. The Morgan fingerprint density at radius 2 is 1.31 bits per heavy atom. The van der Waals surface area contributed by atoms with Crippen LogP contribution in [0, 0.1) is 23.7 Å². The van der Waals surface area contributed by atoms with E-state index in [1.54, 1.807) is 0 Å². The van der Waals surface area contributed by atoms with Crippen molar-refractivity contribution in [1.82, 2.24) is 0 Å². The summed E-state index contributed by atoms with van der Waals surface area (Å²) in [5.74, 6) is 3.71. The second-order valence-corrected chi connectivity index (χ2v) is 6.01. The molecule has 2 unspecified atom stereocenters. The Bertz CT molecular complexity index is 144. The van der Waals surface area contributed by atoms with Crippen molar-refractivity contribution >= 4 is 0 Å². The first-order valence-electron chi connectivity index (χ1n) is 7.54. The Kier molecular flexibility index (Phi) is 9.07. The van der Waals surface area contributed by atoms with Crippen LogP contribution in [0.5, 0.6) is 0 Å². The third-order valence-corrected chi connectivity index (χ3v) is 4.39. The first-order chi connectivity index (χ1) is 7.54. The SMILES string of the molecule is CCC(CC)CC(C)CCC(CC)C(C)C. The van der Waals surface area contributed by atoms with Crippen molar-refractivity contribution in [2.45, 2.75) is 80.1 Å². The summed E-state index contributed by atoms with van der Waals surface area (Å²) in [5.41, 5.74) is 0. The fourth-order valence-electron chi connectivity index (χ4n) is 2.82. The predicted molar refractivity (Wildman–Crippen MR) is 75.7 cm³/mol. The zero-order valence-corrected chi connectivity index (χ0v) is 12.6. The predicted octanol–water partition coefficient (Wildman–Crippen LogP) is 5.91. The van der Waals surface area contributed by atoms with Crippen LogP contribution in [0.2, 0.25) is 0 Å². The van der Waals surface area contributed by atoms with E-state index in [-0.39, 0.29) is 0 Å². The van der Waals surface area contributed by atoms with Gasteiger partial charge in [0.1, 0.15) is 0 Å². The summed E-state index contributed by atoms with van der Waals surface area (Å²) in [7, 11) is 0. The second-order valence-electron chi connectivity index (χ2n) is 6.01. The highest BCUT2D eigenvalue weighted by atomic mass is 14.2. The highest BCUT2D eigenvalue weighted by Gasteiger charge is 2.14. The molecule has 0 radical (unpaired) electrons. The molecule has 2 atom stereocenters. The smallest absolute Gasteiger partial charge is 0.0394 e. The van der Waals surface area contributed by atoms with Crippen LogP contribution >= 0.6 is 0 Å². The molecular weight excluding hydrogens is 192 g/mol. The fraction of sp³-hybridized carbons (Fsp3) is 1.00. The molecule has 0 aromatic carbocycles. The molecule has 0 rings (SSSR count). The van der Waals surface area contributed by atoms with Gasteiger partial charge in [-0.05, 0) is 36.5 Å². The summed E-state index contributed by atoms with van der Waals surface area (Å²) in [5, 5.41) is 0. The van der Waals surface area contributed by atoms with E-state index in [1.807, 2.05) is 0 Å². The minimum absolute atomic E-state index is 0.866. The maximum Gasteiger partial charge on any atom is -0.0394 e. The molecule has 0 saturated carbocycles. The molecule has 98 valence electrons. The van der Waals surface area contributed by atoms with Crippen molar-refractivity contribution in [2.24, 2.45) is 23.7 Å². The lowest BCUT2D eigenvalue weighted by atomic mass is 9.83. The first-order valence-corrected chi connectivity index (χ1v) is 7.54. The van der Waals surface area contributed by atoms with Crippen LogP contribution in [0.15, 0.2) is 0 Å². The van der Waals surface area contributed by atoms with Crippen molar-refractivity contribution < 1.29 is 0 Å². The van der Waals surface area contributed by atoms with Gasteiger partial charge in [0.25, 0.3) is 0 Å². The highest BCUT2D eigenvalue weighted by molar-refractivity contribution is 4.66. The van der Waals surface area contributed by atoms with Crippen LogP contribution in [-0.2, 0) is 0 Å². The van der Waals surface area contributed by atoms with Gasteiger partial charge in [0.05, 0.1) is 0 Å². The Hall–Kier alpha value is 0. The van der Waals surface area contributed by atoms with Crippen LogP contribution in [0.3, 0.4) is 0 Å². The molecular formula is C16H34. The topological polar surface area (TPSA) is 0 Å². The number of rotatable bonds is 9. The van der Waals surface area contributed by atoms with Crippen molar-refractivity contribution in [3.05, 3.63) is 0 Å². The Balaban J connectivity index is 3.82. The molecule has 0 aliphatic rings. The van der Waals surface area contributed by atoms with Gasteiger partial charge in [-0.25, -0.2) is 0 Å². The normalized spacial score (nSPS) is 15.8. The molecule has 0 aromatic heterocycles. The van der Waals surface area contributed by atoms with Gasteiger partial charge in [-0.3, -0.25) is 0 Å². The second kappa shape index (κ2) is 9.07. The maximum absolute atomic E-state index is 2.45. The van der Waals surface area contributed by atoms with Crippen LogP contribution in [-0.4, -0.2) is 0 Å². The molecule has 0 amide bonds. The Labute approximate surface area is 104 Å². The lowest BCUT2D eigenvalue weighted by Gasteiger charge is -2.23. The zero-order chi connectivity index (χ0) is 12.6. The van der Waals surface area contributed by atoms with Gasteiger partial charge in [-0.15, -0.1) is 0 Å². The average molecular weight is 226 g/mol. The van der Waals surface area contributed by atoms with Crippen molar-refractivity contribution in [3.8, 4) is 0 Å². The van der Waals surface area contributed by atoms with Crippen LogP contribution < -0.4 is 0 Å². The van der Waals surface area contributed by atoms with Gasteiger partial charge >= 0.3 is 0 Å². The summed E-state index contributed by atoms with van der Waals surface area (Å²) in [6.07, 6.45) is 8.41. The molecule has 0 bridgehead atoms. The Morgan fingerprint density at radius 1 is 0.750 bits per heavy atom. The van der Waals surface area contributed by atoms with E-state index in [4.69, 9.17) is 0 Å². The average Bonchev–Trinajstić information content (AvgIpc) is 2.26. The molecule has 0 fully saturated rings. The molecule has 0 saturated heterocycles. The van der Waals surface area contributed by atoms with E-state index < -0.39 is 0 Å². The van der Waals surface area contributed by atoms with Gasteiger partial charge in [0.15, 0.2) is 0 Å². The lowest BCUT2D eigenvalue weighted by molar-refractivity contribution is 0.288. The standard InChI is InChI=1S/C16H34/c1-7-15(8-2)12-14(6)10-11-16(9-3)13(4)5/h13-16H,7-12H2,1-6H3. The first kappa shape index (κ1) is 16.0. The minimum atomic E-state index is 0.866. The summed E-state index contributed by atoms with van der Waals surface area (Å²) in [6, 6.07) is 0. The minimum Gasteiger partial charge on any atom is -0.0651 e. The van der Waals surface area contributed by atoms with E-state index in [9.17, 15) is 0 Å². The van der Waals surface area contributed by atoms with Gasteiger partial charge in [-0.2, -0.15) is 0 Å². The highest BCUT2D eigenvalue weighted by Crippen LogP contribution is 2.27. The van der Waals surface area contributed by atoms with Gasteiger partial charge < -0.3 is 0 Å². The zero-order valence-electron chi connectivity index (χ0n) is 12.6. The summed E-state index contributed by atoms with van der Waals surface area (Å²) in [4.78, 5) is 0. The van der Waals surface area contributed by atoms with Gasteiger partial charge in [0, 0.05) is 0 Å². The molecule has 0 heteroatoms. The molecule has 0 heterocycles. The maximum atomic E-state index is 2.45. The molecule has 0 aliphatic carbocycles. The third kappa shape index (κ3) is 6.55. The van der Waals surface area contributed by atoms with Crippen molar-refractivity contribution in [3.63, 3.8) is 0 Å². The summed E-state index contributed by atoms with van der Waals surface area (Å²) in [6.45, 7) is 14.2. The molecule has 0 aromatic rings. The lowest BCUT2D eigenvalue weighted by Crippen LogP contribution is -2.11. The molecule has 0 N–H and O–H groups in total. The van der Waals surface area contributed by atoms with Crippen LogP contribution in [0.25, 0.3) is 0 Å². The summed E-state index contributed by atoms with van der Waals surface area (Å²) >= 11 is 0. The largest absolute Gasteiger partial charge is 0.0651 e. The van der Waals surface area contributed by atoms with E-state index >= 15 is 0 Å². The fourth-order valence-corrected chi connectivity index (χ4v) is 2.82. The molecule has 0 aliphatic heterocycles. The number of hydrogen-bond acceptors (Lipinski definition) is 0. The van der Waals surface area contributed by atoms with E-state index in [0.717, 1.165) is 23.7 Å².